The minimum absolute atomic E-state index is 0.247. The van der Waals surface area contributed by atoms with Gasteiger partial charge in [-0.15, -0.1) is 0 Å². The van der Waals surface area contributed by atoms with Gasteiger partial charge in [-0.25, -0.2) is 18.1 Å². The van der Waals surface area contributed by atoms with Crippen LogP contribution in [0.2, 0.25) is 5.02 Å². The van der Waals surface area contributed by atoms with Crippen LogP contribution >= 0.6 is 11.6 Å². The molecule has 7 heteroatoms. The molecule has 0 saturated carbocycles. The van der Waals surface area contributed by atoms with E-state index in [-0.39, 0.29) is 4.90 Å². The minimum atomic E-state index is -3.43. The molecule has 0 aliphatic heterocycles. The summed E-state index contributed by atoms with van der Waals surface area (Å²) in [6.07, 6.45) is 9.49. The molecule has 2 rings (SSSR count). The van der Waals surface area contributed by atoms with Gasteiger partial charge in [-0.3, -0.25) is 0 Å². The molecule has 5 nitrogen and oxygen atoms in total. The second kappa shape index (κ2) is 8.31. The van der Waals surface area contributed by atoms with E-state index in [0.29, 0.717) is 11.6 Å². The van der Waals surface area contributed by atoms with Crippen LogP contribution in [0.25, 0.3) is 0 Å². The largest absolute Gasteiger partial charge is 0.337 e. The summed E-state index contributed by atoms with van der Waals surface area (Å²) in [5, 5.41) is 0.525. The number of halogens is 1. The maximum atomic E-state index is 12.0. The van der Waals surface area contributed by atoms with Crippen molar-refractivity contribution in [2.24, 2.45) is 0 Å². The van der Waals surface area contributed by atoms with Gasteiger partial charge in [-0.2, -0.15) is 0 Å². The van der Waals surface area contributed by atoms with E-state index in [4.69, 9.17) is 11.6 Å². The minimum Gasteiger partial charge on any atom is -0.337 e. The van der Waals surface area contributed by atoms with Crippen molar-refractivity contribution in [3.63, 3.8) is 0 Å². The Hall–Kier alpha value is -1.37. The zero-order chi connectivity index (χ0) is 15.8. The molecule has 1 N–H and O–H groups in total. The fraction of sp³-hybridized carbons (Fsp3) is 0.400. The molecule has 0 atom stereocenters. The Bertz CT molecular complexity index is 655. The van der Waals surface area contributed by atoms with Gasteiger partial charge in [0.05, 0.1) is 11.2 Å². The number of nitrogens with zero attached hydrogens (tertiary/aromatic N) is 2. The first-order valence-corrected chi connectivity index (χ1v) is 9.15. The van der Waals surface area contributed by atoms with E-state index in [1.54, 1.807) is 24.7 Å². The number of nitrogens with one attached hydrogen (secondary N) is 1. The van der Waals surface area contributed by atoms with Crippen LogP contribution in [-0.2, 0) is 16.6 Å². The molecule has 0 radical (unpaired) electrons. The lowest BCUT2D eigenvalue weighted by atomic mass is 10.2. The van der Waals surface area contributed by atoms with Crippen molar-refractivity contribution in [3.8, 4) is 0 Å². The third kappa shape index (κ3) is 5.44. The van der Waals surface area contributed by atoms with Crippen LogP contribution in [0.3, 0.4) is 0 Å². The first-order chi connectivity index (χ1) is 10.6. The number of hydrogen-bond donors (Lipinski definition) is 1. The number of rotatable bonds is 9. The Morgan fingerprint density at radius 1 is 1.09 bits per heavy atom. The SMILES string of the molecule is O=S(=O)(NCCCCCCn1ccnc1)c1ccc(Cl)cc1. The lowest BCUT2D eigenvalue weighted by Gasteiger charge is -2.07. The predicted molar refractivity (Wildman–Crippen MR) is 87.3 cm³/mol. The smallest absolute Gasteiger partial charge is 0.240 e. The normalized spacial score (nSPS) is 11.7. The average molecular weight is 342 g/mol. The molecule has 0 aliphatic rings. The van der Waals surface area contributed by atoms with Crippen molar-refractivity contribution >= 4 is 21.6 Å². The zero-order valence-corrected chi connectivity index (χ0v) is 13.9. The van der Waals surface area contributed by atoms with Crippen molar-refractivity contribution in [2.45, 2.75) is 37.1 Å². The summed E-state index contributed by atoms with van der Waals surface area (Å²) in [4.78, 5) is 4.24. The van der Waals surface area contributed by atoms with E-state index in [9.17, 15) is 8.42 Å². The maximum absolute atomic E-state index is 12.0. The number of imidazole rings is 1. The van der Waals surface area contributed by atoms with Gasteiger partial charge < -0.3 is 4.57 Å². The fourth-order valence-corrected chi connectivity index (χ4v) is 3.30. The molecule has 0 aliphatic carbocycles. The third-order valence-electron chi connectivity index (χ3n) is 3.32. The Morgan fingerprint density at radius 2 is 1.82 bits per heavy atom. The van der Waals surface area contributed by atoms with E-state index in [2.05, 4.69) is 9.71 Å². The second-order valence-electron chi connectivity index (χ2n) is 5.07. The summed E-state index contributed by atoms with van der Waals surface area (Å²) in [5.74, 6) is 0. The van der Waals surface area contributed by atoms with Gasteiger partial charge in [0.1, 0.15) is 0 Å². The van der Waals surface area contributed by atoms with Gasteiger partial charge >= 0.3 is 0 Å². The summed E-state index contributed by atoms with van der Waals surface area (Å²) >= 11 is 5.75. The molecule has 0 spiro atoms. The first kappa shape index (κ1) is 17.0. The van der Waals surface area contributed by atoms with Crippen molar-refractivity contribution in [1.82, 2.24) is 14.3 Å². The van der Waals surface area contributed by atoms with Crippen LogP contribution in [0.15, 0.2) is 47.9 Å². The molecular weight excluding hydrogens is 322 g/mol. The average Bonchev–Trinajstić information content (AvgIpc) is 3.00. The molecule has 0 fully saturated rings. The molecule has 0 amide bonds. The van der Waals surface area contributed by atoms with Crippen LogP contribution < -0.4 is 4.72 Å². The number of benzene rings is 1. The molecule has 1 heterocycles. The van der Waals surface area contributed by atoms with Crippen molar-refractivity contribution < 1.29 is 8.42 Å². The first-order valence-electron chi connectivity index (χ1n) is 7.29. The van der Waals surface area contributed by atoms with Crippen LogP contribution in [-0.4, -0.2) is 24.5 Å². The highest BCUT2D eigenvalue weighted by molar-refractivity contribution is 7.89. The van der Waals surface area contributed by atoms with Gasteiger partial charge in [0.15, 0.2) is 0 Å². The van der Waals surface area contributed by atoms with E-state index >= 15 is 0 Å². The number of unbranched alkanes of at least 4 members (excludes halogenated alkanes) is 3. The van der Waals surface area contributed by atoms with E-state index in [1.165, 1.54) is 12.1 Å². The number of hydrogen-bond acceptors (Lipinski definition) is 3. The highest BCUT2D eigenvalue weighted by atomic mass is 35.5. The Balaban J connectivity index is 1.62. The number of sulfonamides is 1. The number of aryl methyl sites for hydroxylation is 1. The highest BCUT2D eigenvalue weighted by Crippen LogP contribution is 2.13. The lowest BCUT2D eigenvalue weighted by Crippen LogP contribution is -2.24. The molecule has 0 bridgehead atoms. The van der Waals surface area contributed by atoms with Crippen LogP contribution in [0.5, 0.6) is 0 Å². The van der Waals surface area contributed by atoms with Crippen molar-refractivity contribution in [2.75, 3.05) is 6.54 Å². The molecule has 120 valence electrons. The summed E-state index contributed by atoms with van der Waals surface area (Å²) in [6.45, 7) is 1.41. The number of aromatic nitrogens is 2. The molecule has 0 saturated heterocycles. The maximum Gasteiger partial charge on any atom is 0.240 e. The molecule has 2 aromatic rings. The van der Waals surface area contributed by atoms with Gasteiger partial charge in [-0.05, 0) is 37.1 Å². The van der Waals surface area contributed by atoms with Crippen LogP contribution in [0.4, 0.5) is 0 Å². The van der Waals surface area contributed by atoms with E-state index in [0.717, 1.165) is 32.2 Å². The Kier molecular flexibility index (Phi) is 6.42. The van der Waals surface area contributed by atoms with Gasteiger partial charge in [-0.1, -0.05) is 24.4 Å². The van der Waals surface area contributed by atoms with Gasteiger partial charge in [0.2, 0.25) is 10.0 Å². The fourth-order valence-electron chi connectivity index (χ4n) is 2.10. The quantitative estimate of drug-likeness (QED) is 0.713. The summed E-state index contributed by atoms with van der Waals surface area (Å²) in [5.41, 5.74) is 0. The summed E-state index contributed by atoms with van der Waals surface area (Å²) in [6, 6.07) is 6.17. The highest BCUT2D eigenvalue weighted by Gasteiger charge is 2.12. The standard InChI is InChI=1S/C15H20ClN3O2S/c16-14-5-7-15(8-6-14)22(20,21)18-9-3-1-2-4-11-19-12-10-17-13-19/h5-8,10,12-13,18H,1-4,9,11H2. The van der Waals surface area contributed by atoms with Crippen LogP contribution in [0, 0.1) is 0 Å². The van der Waals surface area contributed by atoms with Gasteiger partial charge in [0.25, 0.3) is 0 Å². The molecule has 0 unspecified atom stereocenters. The van der Waals surface area contributed by atoms with E-state index < -0.39 is 10.0 Å². The topological polar surface area (TPSA) is 64.0 Å². The molecule has 22 heavy (non-hydrogen) atoms. The second-order valence-corrected chi connectivity index (χ2v) is 7.27. The Morgan fingerprint density at radius 3 is 2.50 bits per heavy atom. The Labute approximate surface area is 136 Å². The summed E-state index contributed by atoms with van der Waals surface area (Å²) in [7, 11) is -3.43. The monoisotopic (exact) mass is 341 g/mol. The van der Waals surface area contributed by atoms with Gasteiger partial charge in [0, 0.05) is 30.5 Å². The molecule has 1 aromatic carbocycles. The van der Waals surface area contributed by atoms with Crippen LogP contribution in [0.1, 0.15) is 25.7 Å². The summed E-state index contributed by atoms with van der Waals surface area (Å²) < 4.78 is 28.7. The van der Waals surface area contributed by atoms with E-state index in [1.807, 2.05) is 10.8 Å². The third-order valence-corrected chi connectivity index (χ3v) is 5.05. The predicted octanol–water partition coefficient (Wildman–Crippen LogP) is 3.08. The zero-order valence-electron chi connectivity index (χ0n) is 12.3. The lowest BCUT2D eigenvalue weighted by molar-refractivity contribution is 0.556. The van der Waals surface area contributed by atoms with Crippen molar-refractivity contribution in [3.05, 3.63) is 48.0 Å². The van der Waals surface area contributed by atoms with Crippen molar-refractivity contribution in [1.29, 1.82) is 0 Å². The molecular formula is C15H20ClN3O2S. The molecule has 1 aromatic heterocycles.